The van der Waals surface area contributed by atoms with Crippen molar-refractivity contribution in [3.8, 4) is 0 Å². The highest BCUT2D eigenvalue weighted by Crippen LogP contribution is 2.11. The molecule has 10 N–H and O–H groups in total. The van der Waals surface area contributed by atoms with Gasteiger partial charge < -0.3 is 43.2 Å². The second kappa shape index (κ2) is 18.7. The zero-order chi connectivity index (χ0) is 34.3. The third-order valence-electron chi connectivity index (χ3n) is 8.00. The van der Waals surface area contributed by atoms with Crippen LogP contribution in [0.25, 0.3) is 0 Å². The van der Waals surface area contributed by atoms with Gasteiger partial charge >= 0.3 is 5.97 Å². The first-order valence-electron chi connectivity index (χ1n) is 16.2. The molecule has 1 saturated heterocycles. The van der Waals surface area contributed by atoms with Gasteiger partial charge in [-0.15, -0.1) is 0 Å². The first kappa shape index (κ1) is 37.1. The predicted octanol–water partition coefficient (Wildman–Crippen LogP) is -0.0302. The molecule has 256 valence electrons. The molecule has 13 nitrogen and oxygen atoms in total. The lowest BCUT2D eigenvalue weighted by molar-refractivity contribution is -0.139. The molecule has 3 rings (SSSR count). The summed E-state index contributed by atoms with van der Waals surface area (Å²) in [6, 6.07) is 13.5. The lowest BCUT2D eigenvalue weighted by Crippen LogP contribution is -2.59. The molecule has 0 saturated carbocycles. The summed E-state index contributed by atoms with van der Waals surface area (Å²) in [7, 11) is 0. The molecule has 0 aliphatic carbocycles. The van der Waals surface area contributed by atoms with Gasteiger partial charge in [0.15, 0.2) is 0 Å². The Hall–Kier alpha value is -4.33. The van der Waals surface area contributed by atoms with Gasteiger partial charge in [0.2, 0.25) is 23.6 Å². The van der Waals surface area contributed by atoms with Gasteiger partial charge in [0.25, 0.3) is 0 Å². The SMILES string of the molecule is CC(C)C[C@@H](NC(=O)[C@@H](Cc1ccccc1)NC(=O)[C@H](N)Cc1ccccc1)C(=O)NC(CCCN)C(=O)N[C@@H]1CN[C@H](C(=O)O)C1. The first-order chi connectivity index (χ1) is 22.5. The van der Waals surface area contributed by atoms with Gasteiger partial charge in [-0.05, 0) is 55.7 Å². The lowest BCUT2D eigenvalue weighted by atomic mass is 9.99. The van der Waals surface area contributed by atoms with Crippen molar-refractivity contribution in [2.24, 2.45) is 17.4 Å². The van der Waals surface area contributed by atoms with Gasteiger partial charge in [0.05, 0.1) is 6.04 Å². The summed E-state index contributed by atoms with van der Waals surface area (Å²) in [6.07, 6.45) is 1.65. The van der Waals surface area contributed by atoms with Crippen molar-refractivity contribution >= 4 is 29.6 Å². The van der Waals surface area contributed by atoms with Gasteiger partial charge in [-0.2, -0.15) is 0 Å². The molecule has 2 aromatic carbocycles. The minimum absolute atomic E-state index is 0.00124. The number of aliphatic carboxylic acids is 1. The fraction of sp³-hybridized carbons (Fsp3) is 0.500. The Morgan fingerprint density at radius 1 is 0.809 bits per heavy atom. The number of benzene rings is 2. The van der Waals surface area contributed by atoms with E-state index in [2.05, 4.69) is 26.6 Å². The summed E-state index contributed by atoms with van der Waals surface area (Å²) < 4.78 is 0. The van der Waals surface area contributed by atoms with Gasteiger partial charge in [0.1, 0.15) is 24.2 Å². The minimum Gasteiger partial charge on any atom is -0.480 e. The van der Waals surface area contributed by atoms with Crippen LogP contribution in [0.3, 0.4) is 0 Å². The van der Waals surface area contributed by atoms with E-state index in [0.29, 0.717) is 13.0 Å². The molecule has 1 heterocycles. The van der Waals surface area contributed by atoms with Crippen molar-refractivity contribution in [1.82, 2.24) is 26.6 Å². The summed E-state index contributed by atoms with van der Waals surface area (Å²) in [4.78, 5) is 65.1. The van der Waals surface area contributed by atoms with Crippen molar-refractivity contribution in [3.63, 3.8) is 0 Å². The molecule has 6 atom stereocenters. The number of nitrogens with one attached hydrogen (secondary N) is 5. The largest absolute Gasteiger partial charge is 0.480 e. The van der Waals surface area contributed by atoms with Gasteiger partial charge in [-0.3, -0.25) is 24.0 Å². The van der Waals surface area contributed by atoms with E-state index in [1.54, 1.807) is 0 Å². The number of rotatable bonds is 18. The molecular formula is C34H49N7O6. The molecule has 47 heavy (non-hydrogen) atoms. The molecule has 1 fully saturated rings. The number of carboxylic acids is 1. The Labute approximate surface area is 276 Å². The zero-order valence-corrected chi connectivity index (χ0v) is 27.1. The van der Waals surface area contributed by atoms with E-state index in [9.17, 15) is 29.1 Å². The van der Waals surface area contributed by atoms with Crippen LogP contribution in [0.2, 0.25) is 0 Å². The third-order valence-corrected chi connectivity index (χ3v) is 8.00. The maximum absolute atomic E-state index is 13.8. The van der Waals surface area contributed by atoms with Crippen LogP contribution in [0.15, 0.2) is 60.7 Å². The number of nitrogens with two attached hydrogens (primary N) is 2. The number of carboxylic acid groups (broad SMARTS) is 1. The van der Waals surface area contributed by atoms with Gasteiger partial charge in [0, 0.05) is 19.0 Å². The number of carbonyl (C=O) groups excluding carboxylic acids is 4. The number of carbonyl (C=O) groups is 5. The molecule has 1 aliphatic heterocycles. The number of hydrogen-bond acceptors (Lipinski definition) is 8. The van der Waals surface area contributed by atoms with E-state index >= 15 is 0 Å². The molecule has 1 aliphatic rings. The van der Waals surface area contributed by atoms with E-state index in [1.165, 1.54) is 0 Å². The monoisotopic (exact) mass is 651 g/mol. The average molecular weight is 652 g/mol. The highest BCUT2D eigenvalue weighted by Gasteiger charge is 2.34. The van der Waals surface area contributed by atoms with Gasteiger partial charge in [-0.25, -0.2) is 0 Å². The predicted molar refractivity (Wildman–Crippen MR) is 178 cm³/mol. The summed E-state index contributed by atoms with van der Waals surface area (Å²) >= 11 is 0. The van der Waals surface area contributed by atoms with Crippen LogP contribution >= 0.6 is 0 Å². The summed E-state index contributed by atoms with van der Waals surface area (Å²) in [5.74, 6) is -3.07. The average Bonchev–Trinajstić information content (AvgIpc) is 3.51. The van der Waals surface area contributed by atoms with Crippen molar-refractivity contribution in [1.29, 1.82) is 0 Å². The molecule has 13 heteroatoms. The molecule has 1 unspecified atom stereocenters. The molecular weight excluding hydrogens is 602 g/mol. The molecule has 0 aromatic heterocycles. The van der Waals surface area contributed by atoms with E-state index in [4.69, 9.17) is 11.5 Å². The maximum Gasteiger partial charge on any atom is 0.320 e. The Morgan fingerprint density at radius 2 is 1.36 bits per heavy atom. The smallest absolute Gasteiger partial charge is 0.320 e. The summed E-state index contributed by atoms with van der Waals surface area (Å²) in [6.45, 7) is 4.40. The second-order valence-electron chi connectivity index (χ2n) is 12.5. The summed E-state index contributed by atoms with van der Waals surface area (Å²) in [5.41, 5.74) is 13.6. The highest BCUT2D eigenvalue weighted by atomic mass is 16.4. The van der Waals surface area contributed by atoms with E-state index in [-0.39, 0.29) is 44.6 Å². The molecule has 0 radical (unpaired) electrons. The standard InChI is InChI=1S/C34H49N7O6/c1-21(2)16-27(32(44)39-26(14-9-15-35)31(43)38-24-19-29(34(46)47)37-20-24)41-33(45)28(18-23-12-7-4-8-13-23)40-30(42)25(36)17-22-10-5-3-6-11-22/h3-8,10-13,21,24-29,37H,9,14-20,35-36H2,1-2H3,(H,38,43)(H,39,44)(H,40,42)(H,41,45)(H,46,47)/t24-,25+,26?,27+,28+,29-/m0/s1. The first-order valence-corrected chi connectivity index (χ1v) is 16.2. The van der Waals surface area contributed by atoms with Crippen LogP contribution in [0.4, 0.5) is 0 Å². The van der Waals surface area contributed by atoms with Crippen molar-refractivity contribution < 1.29 is 29.1 Å². The Kier molecular flexibility index (Phi) is 14.8. The molecule has 2 aromatic rings. The normalized spacial score (nSPS) is 18.4. The lowest BCUT2D eigenvalue weighted by Gasteiger charge is -2.27. The Balaban J connectivity index is 1.73. The van der Waals surface area contributed by atoms with Gasteiger partial charge in [-0.1, -0.05) is 74.5 Å². The fourth-order valence-corrected chi connectivity index (χ4v) is 5.47. The minimum atomic E-state index is -1.03. The Morgan fingerprint density at radius 3 is 1.91 bits per heavy atom. The van der Waals surface area contributed by atoms with Crippen LogP contribution in [-0.2, 0) is 36.8 Å². The highest BCUT2D eigenvalue weighted by molar-refractivity contribution is 5.95. The number of amides is 4. The van der Waals surface area contributed by atoms with E-state index < -0.39 is 65.8 Å². The fourth-order valence-electron chi connectivity index (χ4n) is 5.47. The molecule has 0 spiro atoms. The molecule has 0 bridgehead atoms. The second-order valence-corrected chi connectivity index (χ2v) is 12.5. The topological polar surface area (TPSA) is 218 Å². The van der Waals surface area contributed by atoms with Crippen LogP contribution in [0.5, 0.6) is 0 Å². The van der Waals surface area contributed by atoms with E-state index in [1.807, 2.05) is 74.5 Å². The van der Waals surface area contributed by atoms with E-state index in [0.717, 1.165) is 11.1 Å². The third kappa shape index (κ3) is 12.4. The van der Waals surface area contributed by atoms with Crippen molar-refractivity contribution in [3.05, 3.63) is 71.8 Å². The maximum atomic E-state index is 13.8. The van der Waals surface area contributed by atoms with Crippen molar-refractivity contribution in [2.45, 2.75) is 88.6 Å². The molecule has 4 amide bonds. The van der Waals surface area contributed by atoms with Crippen LogP contribution in [-0.4, -0.2) is 84.0 Å². The number of hydrogen-bond donors (Lipinski definition) is 8. The van der Waals surface area contributed by atoms with Crippen LogP contribution in [0.1, 0.15) is 50.7 Å². The quantitative estimate of drug-likeness (QED) is 0.108. The van der Waals surface area contributed by atoms with Crippen molar-refractivity contribution in [2.75, 3.05) is 13.1 Å². The van der Waals surface area contributed by atoms with Crippen LogP contribution in [0, 0.1) is 5.92 Å². The summed E-state index contributed by atoms with van der Waals surface area (Å²) in [5, 5.41) is 23.3. The zero-order valence-electron chi connectivity index (χ0n) is 27.1. The van der Waals surface area contributed by atoms with Crippen LogP contribution < -0.4 is 38.1 Å². The Bertz CT molecular complexity index is 1330.